The number of aryl methyl sites for hydroxylation is 1. The Hall–Kier alpha value is -2.24. The molecule has 4 heteroatoms. The monoisotopic (exact) mass is 213 g/mol. The predicted octanol–water partition coefficient (Wildman–Crippen LogP) is 2.86. The second-order valence-corrected chi connectivity index (χ2v) is 3.20. The molecule has 0 heterocycles. The van der Waals surface area contributed by atoms with E-state index in [9.17, 15) is 4.79 Å². The molecule has 80 valence electrons. The number of carbonyl (C=O) groups excluding carboxylic acids is 1. The summed E-state index contributed by atoms with van der Waals surface area (Å²) in [6.45, 7) is 2.29. The van der Waals surface area contributed by atoms with Crippen LogP contribution < -0.4 is 0 Å². The molecule has 0 fully saturated rings. The van der Waals surface area contributed by atoms with Crippen LogP contribution in [0.4, 0.5) is 0 Å². The van der Waals surface area contributed by atoms with Crippen molar-refractivity contribution in [1.29, 1.82) is 0 Å². The molecule has 4 nitrogen and oxygen atoms in total. The minimum atomic E-state index is 0.384. The molecule has 0 saturated heterocycles. The number of carbonyl (C=O) groups is 1. The highest BCUT2D eigenvalue weighted by atomic mass is 16.1. The first kappa shape index (κ1) is 11.8. The molecule has 1 aromatic rings. The van der Waals surface area contributed by atoms with Gasteiger partial charge >= 0.3 is 0 Å². The Kier molecular flexibility index (Phi) is 4.65. The minimum absolute atomic E-state index is 0.384. The minimum Gasteiger partial charge on any atom is -0.298 e. The van der Waals surface area contributed by atoms with E-state index in [1.807, 2.05) is 13.0 Å². The number of azide groups is 1. The second kappa shape index (κ2) is 6.28. The first-order valence-electron chi connectivity index (χ1n) is 4.83. The van der Waals surface area contributed by atoms with E-state index < -0.39 is 0 Å². The highest BCUT2D eigenvalue weighted by Crippen LogP contribution is 2.08. The van der Waals surface area contributed by atoms with Gasteiger partial charge in [-0.25, -0.2) is 0 Å². The lowest BCUT2D eigenvalue weighted by atomic mass is 10.1. The van der Waals surface area contributed by atoms with Crippen LogP contribution in [-0.2, 0) is 0 Å². The number of nitrogens with zero attached hydrogens (tertiary/aromatic N) is 3. The molecule has 0 bridgehead atoms. The highest BCUT2D eigenvalue weighted by molar-refractivity contribution is 5.75. The van der Waals surface area contributed by atoms with Crippen molar-refractivity contribution in [2.75, 3.05) is 6.54 Å². The third kappa shape index (κ3) is 3.49. The Morgan fingerprint density at radius 2 is 2.38 bits per heavy atom. The van der Waals surface area contributed by atoms with Crippen LogP contribution >= 0.6 is 0 Å². The largest absolute Gasteiger partial charge is 0.298 e. The third-order valence-electron chi connectivity index (χ3n) is 2.01. The summed E-state index contributed by atoms with van der Waals surface area (Å²) in [5, 5.41) is 3.38. The van der Waals surface area contributed by atoms with Gasteiger partial charge in [0.1, 0.15) is 6.29 Å². The summed E-state index contributed by atoms with van der Waals surface area (Å²) in [5.41, 5.74) is 10.6. The highest BCUT2D eigenvalue weighted by Gasteiger charge is 1.95. The van der Waals surface area contributed by atoms with E-state index in [4.69, 9.17) is 5.53 Å². The van der Waals surface area contributed by atoms with Crippen LogP contribution in [0.3, 0.4) is 0 Å². The van der Waals surface area contributed by atoms with Gasteiger partial charge in [-0.1, -0.05) is 23.0 Å². The molecule has 0 saturated carbocycles. The van der Waals surface area contributed by atoms with E-state index in [0.29, 0.717) is 18.5 Å². The Morgan fingerprint density at radius 1 is 1.56 bits per heavy atom. The van der Waals surface area contributed by atoms with Crippen molar-refractivity contribution >= 4 is 6.29 Å². The maximum Gasteiger partial charge on any atom is 0.150 e. The zero-order valence-corrected chi connectivity index (χ0v) is 8.97. The molecular formula is C12H11N3O. The molecule has 0 aromatic heterocycles. The fraction of sp³-hybridized carbons (Fsp3) is 0.250. The van der Waals surface area contributed by atoms with Gasteiger partial charge in [-0.3, -0.25) is 4.79 Å². The van der Waals surface area contributed by atoms with Crippen molar-refractivity contribution in [2.45, 2.75) is 13.3 Å². The Labute approximate surface area is 93.9 Å². The number of aldehydes is 1. The molecule has 0 aliphatic heterocycles. The van der Waals surface area contributed by atoms with Crippen LogP contribution in [0.2, 0.25) is 0 Å². The SMILES string of the molecule is Cc1cc(C=O)ccc1C#CCCN=[N+]=[N-]. The molecule has 0 aliphatic carbocycles. The van der Waals surface area contributed by atoms with E-state index in [0.717, 1.165) is 17.4 Å². The quantitative estimate of drug-likeness (QED) is 0.190. The van der Waals surface area contributed by atoms with Gasteiger partial charge < -0.3 is 0 Å². The Balaban J connectivity index is 2.73. The van der Waals surface area contributed by atoms with Gasteiger partial charge in [0.15, 0.2) is 0 Å². The van der Waals surface area contributed by atoms with Gasteiger partial charge in [0, 0.05) is 29.0 Å². The molecule has 1 aromatic carbocycles. The van der Waals surface area contributed by atoms with Crippen LogP contribution in [0.5, 0.6) is 0 Å². The first-order chi connectivity index (χ1) is 7.77. The fourth-order valence-corrected chi connectivity index (χ4v) is 1.21. The van der Waals surface area contributed by atoms with Crippen LogP contribution in [0.15, 0.2) is 23.3 Å². The lowest BCUT2D eigenvalue weighted by Crippen LogP contribution is -1.86. The summed E-state index contributed by atoms with van der Waals surface area (Å²) < 4.78 is 0. The van der Waals surface area contributed by atoms with Crippen LogP contribution in [0.25, 0.3) is 10.4 Å². The van der Waals surface area contributed by atoms with E-state index in [-0.39, 0.29) is 0 Å². The van der Waals surface area contributed by atoms with Crippen LogP contribution in [0.1, 0.15) is 27.9 Å². The number of hydrogen-bond acceptors (Lipinski definition) is 2. The second-order valence-electron chi connectivity index (χ2n) is 3.20. The van der Waals surface area contributed by atoms with E-state index in [1.54, 1.807) is 12.1 Å². The third-order valence-corrected chi connectivity index (χ3v) is 2.01. The maximum atomic E-state index is 10.5. The van der Waals surface area contributed by atoms with Gasteiger partial charge in [0.05, 0.1) is 0 Å². The molecule has 0 atom stereocenters. The lowest BCUT2D eigenvalue weighted by Gasteiger charge is -1.97. The molecular weight excluding hydrogens is 202 g/mol. The zero-order valence-electron chi connectivity index (χ0n) is 8.97. The summed E-state index contributed by atoms with van der Waals surface area (Å²) in [4.78, 5) is 13.2. The maximum absolute atomic E-state index is 10.5. The molecule has 1 rings (SSSR count). The van der Waals surface area contributed by atoms with Crippen LogP contribution in [0, 0.1) is 18.8 Å². The molecule has 0 unspecified atom stereocenters. The zero-order chi connectivity index (χ0) is 11.8. The summed E-state index contributed by atoms with van der Waals surface area (Å²) in [6.07, 6.45) is 1.35. The molecule has 0 spiro atoms. The number of rotatable bonds is 3. The summed E-state index contributed by atoms with van der Waals surface area (Å²) in [6, 6.07) is 5.35. The average molecular weight is 213 g/mol. The normalized spacial score (nSPS) is 8.56. The van der Waals surface area contributed by atoms with Crippen molar-refractivity contribution in [3.05, 3.63) is 45.3 Å². The molecule has 0 amide bonds. The Bertz CT molecular complexity index is 491. The van der Waals surface area contributed by atoms with Gasteiger partial charge in [-0.2, -0.15) is 0 Å². The van der Waals surface area contributed by atoms with Crippen molar-refractivity contribution in [1.82, 2.24) is 0 Å². The standard InChI is InChI=1S/C12H11N3O/c1-10-8-11(9-16)5-6-12(10)4-2-3-7-14-15-13/h5-6,8-9H,3,7H2,1H3. The fourth-order valence-electron chi connectivity index (χ4n) is 1.21. The average Bonchev–Trinajstić information content (AvgIpc) is 2.30. The molecule has 0 N–H and O–H groups in total. The van der Waals surface area contributed by atoms with E-state index in [2.05, 4.69) is 21.9 Å². The molecule has 16 heavy (non-hydrogen) atoms. The number of hydrogen-bond donors (Lipinski definition) is 0. The molecule has 0 aliphatic rings. The summed E-state index contributed by atoms with van der Waals surface area (Å²) in [5.74, 6) is 5.89. The van der Waals surface area contributed by atoms with Crippen LogP contribution in [-0.4, -0.2) is 12.8 Å². The van der Waals surface area contributed by atoms with Crippen molar-refractivity contribution in [3.8, 4) is 11.8 Å². The molecule has 0 radical (unpaired) electrons. The topological polar surface area (TPSA) is 65.8 Å². The summed E-state index contributed by atoms with van der Waals surface area (Å²) in [7, 11) is 0. The Morgan fingerprint density at radius 3 is 3.00 bits per heavy atom. The number of benzene rings is 1. The smallest absolute Gasteiger partial charge is 0.150 e. The summed E-state index contributed by atoms with van der Waals surface area (Å²) >= 11 is 0. The van der Waals surface area contributed by atoms with Gasteiger partial charge in [-0.05, 0) is 30.2 Å². The van der Waals surface area contributed by atoms with Gasteiger partial charge in [-0.15, -0.1) is 0 Å². The van der Waals surface area contributed by atoms with E-state index in [1.165, 1.54) is 0 Å². The lowest BCUT2D eigenvalue weighted by molar-refractivity contribution is 0.112. The van der Waals surface area contributed by atoms with Gasteiger partial charge in [0.2, 0.25) is 0 Å². The van der Waals surface area contributed by atoms with Crippen molar-refractivity contribution in [2.24, 2.45) is 5.11 Å². The van der Waals surface area contributed by atoms with Crippen molar-refractivity contribution in [3.63, 3.8) is 0 Å². The first-order valence-corrected chi connectivity index (χ1v) is 4.83. The van der Waals surface area contributed by atoms with Crippen molar-refractivity contribution < 1.29 is 4.79 Å². The van der Waals surface area contributed by atoms with E-state index >= 15 is 0 Å². The van der Waals surface area contributed by atoms with Gasteiger partial charge in [0.25, 0.3) is 0 Å². The predicted molar refractivity (Wildman–Crippen MR) is 62.1 cm³/mol.